The summed E-state index contributed by atoms with van der Waals surface area (Å²) in [4.78, 5) is 18.0. The standard InChI is InChI=1S/C28H30F5N5O3S/c1-19-13-20(5-7-25(19)29)14-22-17-38(42(40,41)12-4-11-37(2)10-3-9-35-36-34)18-23(27(22)39)15-21-6-8-26(30)24(16-21)28(31,32)33/h5-8,13-16H,3-4,9-12,17-18H2,1-2H3/b22-14+,23-15+. The van der Waals surface area contributed by atoms with Crippen LogP contribution in [0.2, 0.25) is 0 Å². The van der Waals surface area contributed by atoms with Gasteiger partial charge in [0.2, 0.25) is 10.0 Å². The third-order valence-electron chi connectivity index (χ3n) is 6.63. The van der Waals surface area contributed by atoms with Crippen molar-refractivity contribution in [3.63, 3.8) is 0 Å². The predicted octanol–water partition coefficient (Wildman–Crippen LogP) is 6.00. The number of ketones is 1. The number of azide groups is 1. The zero-order valence-corrected chi connectivity index (χ0v) is 23.9. The number of rotatable bonds is 11. The highest BCUT2D eigenvalue weighted by molar-refractivity contribution is 7.89. The zero-order chi connectivity index (χ0) is 31.1. The van der Waals surface area contributed by atoms with Gasteiger partial charge in [0, 0.05) is 35.7 Å². The van der Waals surface area contributed by atoms with Gasteiger partial charge < -0.3 is 4.90 Å². The maximum Gasteiger partial charge on any atom is 0.419 e. The lowest BCUT2D eigenvalue weighted by molar-refractivity contribution is -0.140. The van der Waals surface area contributed by atoms with E-state index in [4.69, 9.17) is 5.53 Å². The van der Waals surface area contributed by atoms with Crippen molar-refractivity contribution in [3.8, 4) is 0 Å². The lowest BCUT2D eigenvalue weighted by Gasteiger charge is -2.29. The summed E-state index contributed by atoms with van der Waals surface area (Å²) in [6.45, 7) is 2.19. The highest BCUT2D eigenvalue weighted by atomic mass is 32.2. The van der Waals surface area contributed by atoms with Crippen molar-refractivity contribution in [1.82, 2.24) is 9.21 Å². The smallest absolute Gasteiger partial charge is 0.306 e. The fraction of sp³-hybridized carbons (Fsp3) is 0.393. The molecular formula is C28H30F5N5O3S. The number of carbonyl (C=O) groups is 1. The summed E-state index contributed by atoms with van der Waals surface area (Å²) >= 11 is 0. The number of alkyl halides is 3. The van der Waals surface area contributed by atoms with E-state index in [0.29, 0.717) is 49.3 Å². The van der Waals surface area contributed by atoms with Crippen LogP contribution in [0.5, 0.6) is 0 Å². The molecule has 2 aromatic rings. The van der Waals surface area contributed by atoms with Gasteiger partial charge in [-0.1, -0.05) is 17.2 Å². The Morgan fingerprint density at radius 2 is 1.57 bits per heavy atom. The van der Waals surface area contributed by atoms with Gasteiger partial charge in [0.15, 0.2) is 5.78 Å². The minimum atomic E-state index is -4.97. The number of Topliss-reactive ketones (excluding diaryl/α,β-unsaturated/α-hetero) is 1. The molecule has 14 heteroatoms. The number of hydrogen-bond acceptors (Lipinski definition) is 5. The lowest BCUT2D eigenvalue weighted by atomic mass is 9.95. The van der Waals surface area contributed by atoms with Crippen molar-refractivity contribution in [3.05, 3.63) is 91.9 Å². The Morgan fingerprint density at radius 1 is 1.00 bits per heavy atom. The van der Waals surface area contributed by atoms with Crippen molar-refractivity contribution in [2.45, 2.75) is 25.9 Å². The number of sulfonamides is 1. The van der Waals surface area contributed by atoms with E-state index in [0.717, 1.165) is 16.4 Å². The first-order chi connectivity index (χ1) is 19.7. The van der Waals surface area contributed by atoms with Crippen LogP contribution in [0, 0.1) is 18.6 Å². The molecule has 0 bridgehead atoms. The summed E-state index contributed by atoms with van der Waals surface area (Å²) in [5.41, 5.74) is 7.43. The third kappa shape index (κ3) is 8.96. The SMILES string of the molecule is Cc1cc(/C=C2\CN(S(=O)(=O)CCCN(C)CCCN=[N+]=[N-])C/C(=C\c3ccc(F)c(C(F)(F)F)c3)C2=O)ccc1F. The minimum absolute atomic E-state index is 0.0513. The average molecular weight is 612 g/mol. The molecule has 3 rings (SSSR count). The molecule has 0 N–H and O–H groups in total. The first-order valence-corrected chi connectivity index (χ1v) is 14.6. The number of carbonyl (C=O) groups excluding carboxylic acids is 1. The normalized spacial score (nSPS) is 16.8. The Hall–Kier alpha value is -3.58. The van der Waals surface area contributed by atoms with Crippen LogP contribution in [0.15, 0.2) is 52.7 Å². The Bertz CT molecular complexity index is 1530. The predicted molar refractivity (Wildman–Crippen MR) is 150 cm³/mol. The molecule has 1 saturated heterocycles. The molecule has 1 fully saturated rings. The van der Waals surface area contributed by atoms with Crippen LogP contribution in [-0.4, -0.2) is 68.9 Å². The van der Waals surface area contributed by atoms with Gasteiger partial charge in [-0.3, -0.25) is 4.79 Å². The molecule has 226 valence electrons. The molecule has 1 heterocycles. The monoisotopic (exact) mass is 611 g/mol. The molecule has 0 unspecified atom stereocenters. The average Bonchev–Trinajstić information content (AvgIpc) is 2.91. The van der Waals surface area contributed by atoms with Crippen LogP contribution < -0.4 is 0 Å². The molecule has 2 aromatic carbocycles. The molecule has 42 heavy (non-hydrogen) atoms. The number of aryl methyl sites for hydroxylation is 1. The molecule has 0 amide bonds. The Labute approximate surface area is 240 Å². The van der Waals surface area contributed by atoms with Gasteiger partial charge in [0.1, 0.15) is 11.6 Å². The Balaban J connectivity index is 1.91. The van der Waals surface area contributed by atoms with E-state index in [1.807, 2.05) is 4.90 Å². The van der Waals surface area contributed by atoms with Crippen molar-refractivity contribution in [2.75, 3.05) is 45.5 Å². The molecule has 0 radical (unpaired) electrons. The van der Waals surface area contributed by atoms with Crippen molar-refractivity contribution in [2.24, 2.45) is 5.11 Å². The molecule has 0 aromatic heterocycles. The fourth-order valence-corrected chi connectivity index (χ4v) is 5.85. The molecule has 0 saturated carbocycles. The minimum Gasteiger partial charge on any atom is -0.306 e. The van der Waals surface area contributed by atoms with Crippen molar-refractivity contribution < 1.29 is 35.2 Å². The van der Waals surface area contributed by atoms with E-state index in [2.05, 4.69) is 10.0 Å². The lowest BCUT2D eigenvalue weighted by Crippen LogP contribution is -2.43. The molecule has 1 aliphatic heterocycles. The molecule has 0 atom stereocenters. The molecule has 1 aliphatic rings. The van der Waals surface area contributed by atoms with Crippen LogP contribution in [0.1, 0.15) is 35.1 Å². The van der Waals surface area contributed by atoms with E-state index >= 15 is 0 Å². The van der Waals surface area contributed by atoms with Gasteiger partial charge >= 0.3 is 6.18 Å². The topological polar surface area (TPSA) is 106 Å². The van der Waals surface area contributed by atoms with E-state index in [-0.39, 0.29) is 42.0 Å². The van der Waals surface area contributed by atoms with E-state index in [1.165, 1.54) is 31.2 Å². The highest BCUT2D eigenvalue weighted by Gasteiger charge is 2.35. The largest absolute Gasteiger partial charge is 0.419 e. The van der Waals surface area contributed by atoms with Crippen molar-refractivity contribution in [1.29, 1.82) is 0 Å². The molecule has 0 aliphatic carbocycles. The summed E-state index contributed by atoms with van der Waals surface area (Å²) in [6.07, 6.45) is -1.56. The van der Waals surface area contributed by atoms with E-state index in [1.54, 1.807) is 7.05 Å². The first-order valence-electron chi connectivity index (χ1n) is 13.0. The second-order valence-corrected chi connectivity index (χ2v) is 12.1. The number of halogens is 5. The van der Waals surface area contributed by atoms with Gasteiger partial charge in [0.25, 0.3) is 0 Å². The highest BCUT2D eigenvalue weighted by Crippen LogP contribution is 2.33. The summed E-state index contributed by atoms with van der Waals surface area (Å²) in [7, 11) is -2.13. The third-order valence-corrected chi connectivity index (χ3v) is 8.48. The van der Waals surface area contributed by atoms with Gasteiger partial charge in [-0.25, -0.2) is 17.2 Å². The van der Waals surface area contributed by atoms with Crippen LogP contribution in [-0.2, 0) is 21.0 Å². The Morgan fingerprint density at radius 3 is 2.14 bits per heavy atom. The van der Waals surface area contributed by atoms with Gasteiger partial charge in [0.05, 0.1) is 11.3 Å². The Kier molecular flexibility index (Phi) is 11.0. The summed E-state index contributed by atoms with van der Waals surface area (Å²) in [5, 5.41) is 3.46. The summed E-state index contributed by atoms with van der Waals surface area (Å²) in [6, 6.07) is 6.39. The quantitative estimate of drug-likeness (QED) is 0.0777. The zero-order valence-electron chi connectivity index (χ0n) is 23.0. The first kappa shape index (κ1) is 32.9. The second-order valence-electron chi connectivity index (χ2n) is 9.96. The van der Waals surface area contributed by atoms with E-state index < -0.39 is 39.2 Å². The van der Waals surface area contributed by atoms with Crippen LogP contribution in [0.4, 0.5) is 22.0 Å². The maximum atomic E-state index is 13.8. The van der Waals surface area contributed by atoms with E-state index in [9.17, 15) is 35.2 Å². The summed E-state index contributed by atoms with van der Waals surface area (Å²) in [5.74, 6) is -2.77. The van der Waals surface area contributed by atoms with Gasteiger partial charge in [-0.05, 0) is 98.5 Å². The van der Waals surface area contributed by atoms with Crippen LogP contribution in [0.3, 0.4) is 0 Å². The number of hydrogen-bond donors (Lipinski definition) is 0. The number of piperidine rings is 1. The second kappa shape index (κ2) is 14.1. The van der Waals surface area contributed by atoms with Gasteiger partial charge in [-0.2, -0.15) is 17.5 Å². The van der Waals surface area contributed by atoms with Gasteiger partial charge in [-0.15, -0.1) is 0 Å². The van der Waals surface area contributed by atoms with Crippen LogP contribution in [0.25, 0.3) is 22.6 Å². The maximum absolute atomic E-state index is 13.8. The fourth-order valence-electron chi connectivity index (χ4n) is 4.43. The summed E-state index contributed by atoms with van der Waals surface area (Å²) < 4.78 is 95.2. The molecule has 8 nitrogen and oxygen atoms in total. The molecular weight excluding hydrogens is 581 g/mol. The number of benzene rings is 2. The number of nitrogens with zero attached hydrogens (tertiary/aromatic N) is 5. The van der Waals surface area contributed by atoms with Crippen molar-refractivity contribution >= 4 is 28.0 Å². The molecule has 0 spiro atoms. The van der Waals surface area contributed by atoms with Crippen LogP contribution >= 0.6 is 0 Å².